The molecule has 1 saturated heterocycles. The van der Waals surface area contributed by atoms with Crippen molar-refractivity contribution in [3.8, 4) is 5.75 Å². The molecule has 5 heteroatoms. The van der Waals surface area contributed by atoms with Crippen LogP contribution in [-0.2, 0) is 4.79 Å². The average Bonchev–Trinajstić information content (AvgIpc) is 2.65. The minimum Gasteiger partial charge on any atom is -0.497 e. The molecule has 0 unspecified atom stereocenters. The predicted molar refractivity (Wildman–Crippen MR) is 105 cm³/mol. The van der Waals surface area contributed by atoms with Crippen molar-refractivity contribution in [2.45, 2.75) is 13.8 Å². The van der Waals surface area contributed by atoms with Gasteiger partial charge in [0.15, 0.2) is 6.54 Å². The number of hydrogen-bond donors (Lipinski definition) is 2. The summed E-state index contributed by atoms with van der Waals surface area (Å²) < 4.78 is 5.31. The summed E-state index contributed by atoms with van der Waals surface area (Å²) in [4.78, 5) is 16.1. The number of piperazine rings is 1. The van der Waals surface area contributed by atoms with Crippen LogP contribution in [0.15, 0.2) is 42.5 Å². The third kappa shape index (κ3) is 4.55. The first-order chi connectivity index (χ1) is 12.5. The number of ether oxygens (including phenoxy) is 1. The SMILES string of the molecule is COc1cccc(N2CC[NH+](CC(=O)Nc3ccc(C)cc3C)CC2)c1. The highest BCUT2D eigenvalue weighted by Crippen LogP contribution is 2.20. The van der Waals surface area contributed by atoms with Crippen LogP contribution in [0, 0.1) is 13.8 Å². The van der Waals surface area contributed by atoms with Gasteiger partial charge in [0.05, 0.1) is 33.3 Å². The molecule has 0 radical (unpaired) electrons. The van der Waals surface area contributed by atoms with Crippen molar-refractivity contribution in [2.24, 2.45) is 0 Å². The summed E-state index contributed by atoms with van der Waals surface area (Å²) in [7, 11) is 1.69. The predicted octanol–water partition coefficient (Wildman–Crippen LogP) is 1.66. The van der Waals surface area contributed by atoms with Crippen LogP contribution in [0.2, 0.25) is 0 Å². The monoisotopic (exact) mass is 354 g/mol. The van der Waals surface area contributed by atoms with Crippen LogP contribution >= 0.6 is 0 Å². The Hall–Kier alpha value is -2.53. The molecular weight excluding hydrogens is 326 g/mol. The van der Waals surface area contributed by atoms with Gasteiger partial charge < -0.3 is 19.9 Å². The second-order valence-electron chi connectivity index (χ2n) is 6.98. The Kier molecular flexibility index (Phi) is 5.78. The standard InChI is InChI=1S/C21H27N3O2/c1-16-7-8-20(17(2)13-16)22-21(25)15-23-9-11-24(12-10-23)18-5-4-6-19(14-18)26-3/h4-8,13-14H,9-12,15H2,1-3H3,(H,22,25)/p+1. The van der Waals surface area contributed by atoms with Gasteiger partial charge in [-0.1, -0.05) is 23.8 Å². The molecule has 2 aromatic rings. The van der Waals surface area contributed by atoms with Gasteiger partial charge in [0, 0.05) is 17.4 Å². The van der Waals surface area contributed by atoms with E-state index in [2.05, 4.69) is 35.3 Å². The third-order valence-electron chi connectivity index (χ3n) is 4.96. The molecule has 2 aromatic carbocycles. The second kappa shape index (κ2) is 8.23. The Morgan fingerprint density at radius 2 is 1.92 bits per heavy atom. The van der Waals surface area contributed by atoms with Gasteiger partial charge in [0.2, 0.25) is 0 Å². The molecule has 3 rings (SSSR count). The summed E-state index contributed by atoms with van der Waals surface area (Å²) in [6.45, 7) is 8.40. The minimum atomic E-state index is 0.0850. The lowest BCUT2D eigenvalue weighted by molar-refractivity contribution is -0.892. The van der Waals surface area contributed by atoms with E-state index in [1.54, 1.807) is 7.11 Å². The number of aryl methyl sites for hydroxylation is 2. The molecule has 0 aliphatic carbocycles. The lowest BCUT2D eigenvalue weighted by Crippen LogP contribution is -3.15. The number of methoxy groups -OCH3 is 1. The lowest BCUT2D eigenvalue weighted by atomic mass is 10.1. The van der Waals surface area contributed by atoms with Crippen molar-refractivity contribution >= 4 is 17.3 Å². The van der Waals surface area contributed by atoms with Crippen LogP contribution < -0.4 is 19.9 Å². The average molecular weight is 354 g/mol. The molecule has 2 N–H and O–H groups in total. The molecule has 0 atom stereocenters. The fourth-order valence-corrected chi connectivity index (χ4v) is 3.44. The maximum absolute atomic E-state index is 12.4. The molecule has 1 heterocycles. The van der Waals surface area contributed by atoms with Crippen LogP contribution in [0.4, 0.5) is 11.4 Å². The molecule has 0 spiro atoms. The summed E-state index contributed by atoms with van der Waals surface area (Å²) in [6, 6.07) is 14.3. The quantitative estimate of drug-likeness (QED) is 0.858. The maximum Gasteiger partial charge on any atom is 0.279 e. The van der Waals surface area contributed by atoms with Gasteiger partial charge in [-0.3, -0.25) is 4.79 Å². The zero-order valence-electron chi connectivity index (χ0n) is 15.8. The largest absolute Gasteiger partial charge is 0.497 e. The second-order valence-corrected chi connectivity index (χ2v) is 6.98. The van der Waals surface area contributed by atoms with Crippen LogP contribution in [0.5, 0.6) is 5.75 Å². The zero-order chi connectivity index (χ0) is 18.5. The van der Waals surface area contributed by atoms with Crippen molar-refractivity contribution in [3.63, 3.8) is 0 Å². The Labute approximate surface area is 155 Å². The summed E-state index contributed by atoms with van der Waals surface area (Å²) >= 11 is 0. The van der Waals surface area contributed by atoms with Crippen molar-refractivity contribution in [2.75, 3.05) is 50.1 Å². The zero-order valence-corrected chi connectivity index (χ0v) is 15.8. The number of anilines is 2. The smallest absolute Gasteiger partial charge is 0.279 e. The van der Waals surface area contributed by atoms with E-state index in [0.717, 1.165) is 43.2 Å². The van der Waals surface area contributed by atoms with Gasteiger partial charge in [-0.25, -0.2) is 0 Å². The van der Waals surface area contributed by atoms with Crippen LogP contribution in [-0.4, -0.2) is 45.7 Å². The van der Waals surface area contributed by atoms with E-state index in [0.29, 0.717) is 6.54 Å². The fourth-order valence-electron chi connectivity index (χ4n) is 3.44. The number of quaternary nitrogens is 1. The molecule has 1 aliphatic rings. The van der Waals surface area contributed by atoms with E-state index >= 15 is 0 Å². The Balaban J connectivity index is 1.51. The summed E-state index contributed by atoms with van der Waals surface area (Å²) in [6.07, 6.45) is 0. The van der Waals surface area contributed by atoms with Gasteiger partial charge in [-0.2, -0.15) is 0 Å². The first kappa shape index (κ1) is 18.3. The molecule has 26 heavy (non-hydrogen) atoms. The molecule has 5 nitrogen and oxygen atoms in total. The molecule has 1 aliphatic heterocycles. The van der Waals surface area contributed by atoms with Crippen molar-refractivity contribution in [1.82, 2.24) is 0 Å². The summed E-state index contributed by atoms with van der Waals surface area (Å²) in [5, 5.41) is 3.05. The van der Waals surface area contributed by atoms with E-state index in [9.17, 15) is 4.79 Å². The summed E-state index contributed by atoms with van der Waals surface area (Å²) in [5.74, 6) is 0.965. The molecular formula is C21H28N3O2+. The highest BCUT2D eigenvalue weighted by molar-refractivity contribution is 5.92. The number of amides is 1. The minimum absolute atomic E-state index is 0.0850. The molecule has 1 amide bonds. The van der Waals surface area contributed by atoms with Gasteiger partial charge in [-0.05, 0) is 37.6 Å². The number of nitrogens with zero attached hydrogens (tertiary/aromatic N) is 1. The van der Waals surface area contributed by atoms with E-state index in [4.69, 9.17) is 4.74 Å². The Morgan fingerprint density at radius 1 is 1.15 bits per heavy atom. The molecule has 138 valence electrons. The first-order valence-corrected chi connectivity index (χ1v) is 9.15. The van der Waals surface area contributed by atoms with Crippen molar-refractivity contribution in [1.29, 1.82) is 0 Å². The summed E-state index contributed by atoms with van der Waals surface area (Å²) in [5.41, 5.74) is 4.41. The molecule has 0 aromatic heterocycles. The third-order valence-corrected chi connectivity index (χ3v) is 4.96. The Morgan fingerprint density at radius 3 is 2.62 bits per heavy atom. The number of benzene rings is 2. The number of carbonyl (C=O) groups is 1. The van der Waals surface area contributed by atoms with Crippen LogP contribution in [0.25, 0.3) is 0 Å². The van der Waals surface area contributed by atoms with E-state index < -0.39 is 0 Å². The van der Waals surface area contributed by atoms with Gasteiger partial charge in [-0.15, -0.1) is 0 Å². The number of carbonyl (C=O) groups excluding carboxylic acids is 1. The molecule has 1 fully saturated rings. The van der Waals surface area contributed by atoms with E-state index in [-0.39, 0.29) is 5.91 Å². The molecule has 0 bridgehead atoms. The topological polar surface area (TPSA) is 46.0 Å². The maximum atomic E-state index is 12.4. The van der Waals surface area contributed by atoms with Crippen molar-refractivity contribution in [3.05, 3.63) is 53.6 Å². The van der Waals surface area contributed by atoms with Crippen molar-refractivity contribution < 1.29 is 14.4 Å². The normalized spacial score (nSPS) is 15.0. The lowest BCUT2D eigenvalue weighted by Gasteiger charge is -2.33. The van der Waals surface area contributed by atoms with Gasteiger partial charge in [0.1, 0.15) is 5.75 Å². The van der Waals surface area contributed by atoms with Crippen LogP contribution in [0.3, 0.4) is 0 Å². The van der Waals surface area contributed by atoms with Crippen LogP contribution in [0.1, 0.15) is 11.1 Å². The molecule has 0 saturated carbocycles. The highest BCUT2D eigenvalue weighted by Gasteiger charge is 2.22. The van der Waals surface area contributed by atoms with E-state index in [1.165, 1.54) is 16.2 Å². The number of rotatable bonds is 5. The fraction of sp³-hybridized carbons (Fsp3) is 0.381. The Bertz CT molecular complexity index is 768. The first-order valence-electron chi connectivity index (χ1n) is 9.15. The highest BCUT2D eigenvalue weighted by atomic mass is 16.5. The van der Waals surface area contributed by atoms with Gasteiger partial charge in [0.25, 0.3) is 5.91 Å². The van der Waals surface area contributed by atoms with E-state index in [1.807, 2.05) is 31.2 Å². The van der Waals surface area contributed by atoms with Gasteiger partial charge >= 0.3 is 0 Å². The number of nitrogens with one attached hydrogen (secondary N) is 2. The number of hydrogen-bond acceptors (Lipinski definition) is 3.